The molecular weight excluding hydrogens is 178 g/mol. The van der Waals surface area contributed by atoms with Gasteiger partial charge in [-0.2, -0.15) is 0 Å². The lowest BCUT2D eigenvalue weighted by atomic mass is 10.1. The van der Waals surface area contributed by atoms with Crippen molar-refractivity contribution < 1.29 is 9.53 Å². The SMILES string of the molecule is CN(C(=O)OC1CCCC1)C(C)(C)C. The molecule has 1 rings (SSSR count). The molecule has 14 heavy (non-hydrogen) atoms. The molecule has 3 nitrogen and oxygen atoms in total. The van der Waals surface area contributed by atoms with Crippen molar-refractivity contribution in [2.75, 3.05) is 7.05 Å². The van der Waals surface area contributed by atoms with Crippen LogP contribution in [0.25, 0.3) is 0 Å². The summed E-state index contributed by atoms with van der Waals surface area (Å²) in [7, 11) is 1.79. The molecule has 0 N–H and O–H groups in total. The Hall–Kier alpha value is -0.730. The van der Waals surface area contributed by atoms with Crippen molar-refractivity contribution in [1.29, 1.82) is 0 Å². The number of carbonyl (C=O) groups is 1. The molecule has 1 fully saturated rings. The fourth-order valence-corrected chi connectivity index (χ4v) is 1.50. The Morgan fingerprint density at radius 2 is 1.79 bits per heavy atom. The second kappa shape index (κ2) is 4.20. The van der Waals surface area contributed by atoms with E-state index in [0.29, 0.717) is 0 Å². The van der Waals surface area contributed by atoms with Gasteiger partial charge in [0, 0.05) is 12.6 Å². The first kappa shape index (κ1) is 11.3. The van der Waals surface area contributed by atoms with Crippen LogP contribution in [-0.2, 0) is 4.74 Å². The maximum absolute atomic E-state index is 11.6. The van der Waals surface area contributed by atoms with Gasteiger partial charge in [0.05, 0.1) is 0 Å². The zero-order chi connectivity index (χ0) is 10.8. The van der Waals surface area contributed by atoms with Gasteiger partial charge in [0.2, 0.25) is 0 Å². The maximum atomic E-state index is 11.6. The van der Waals surface area contributed by atoms with Crippen molar-refractivity contribution in [2.45, 2.75) is 58.1 Å². The van der Waals surface area contributed by atoms with Crippen LogP contribution in [0, 0.1) is 0 Å². The Kier molecular flexibility index (Phi) is 3.40. The van der Waals surface area contributed by atoms with Crippen LogP contribution in [0.5, 0.6) is 0 Å². The Bertz CT molecular complexity index is 202. The van der Waals surface area contributed by atoms with Gasteiger partial charge < -0.3 is 9.64 Å². The van der Waals surface area contributed by atoms with Crippen LogP contribution in [0.1, 0.15) is 46.5 Å². The summed E-state index contributed by atoms with van der Waals surface area (Å²) >= 11 is 0. The van der Waals surface area contributed by atoms with Gasteiger partial charge in [-0.1, -0.05) is 0 Å². The molecule has 0 aliphatic heterocycles. The van der Waals surface area contributed by atoms with E-state index in [1.165, 1.54) is 12.8 Å². The number of hydrogen-bond acceptors (Lipinski definition) is 2. The van der Waals surface area contributed by atoms with Crippen molar-refractivity contribution in [1.82, 2.24) is 4.90 Å². The highest BCUT2D eigenvalue weighted by atomic mass is 16.6. The van der Waals surface area contributed by atoms with Crippen molar-refractivity contribution in [3.05, 3.63) is 0 Å². The third-order valence-electron chi connectivity index (χ3n) is 2.85. The zero-order valence-electron chi connectivity index (χ0n) is 9.67. The quantitative estimate of drug-likeness (QED) is 0.650. The van der Waals surface area contributed by atoms with Crippen LogP contribution in [0.4, 0.5) is 4.79 Å². The molecule has 0 heterocycles. The fraction of sp³-hybridized carbons (Fsp3) is 0.909. The minimum atomic E-state index is -0.190. The van der Waals surface area contributed by atoms with Crippen LogP contribution in [0.3, 0.4) is 0 Å². The van der Waals surface area contributed by atoms with Crippen molar-refractivity contribution in [3.63, 3.8) is 0 Å². The number of hydrogen-bond donors (Lipinski definition) is 0. The minimum absolute atomic E-state index is 0.157. The summed E-state index contributed by atoms with van der Waals surface area (Å²) in [6, 6.07) is 0. The molecule has 0 saturated heterocycles. The second-order valence-electron chi connectivity index (χ2n) is 5.02. The Labute approximate surface area is 86.4 Å². The van der Waals surface area contributed by atoms with Crippen molar-refractivity contribution in [3.8, 4) is 0 Å². The molecular formula is C11H21NO2. The number of rotatable bonds is 1. The second-order valence-corrected chi connectivity index (χ2v) is 5.02. The average molecular weight is 199 g/mol. The molecule has 0 unspecified atom stereocenters. The molecule has 1 aliphatic carbocycles. The summed E-state index contributed by atoms with van der Waals surface area (Å²) in [6.07, 6.45) is 4.42. The summed E-state index contributed by atoms with van der Waals surface area (Å²) in [5, 5.41) is 0. The standard InChI is InChI=1S/C11H21NO2/c1-11(2,3)12(4)10(13)14-9-7-5-6-8-9/h9H,5-8H2,1-4H3. The van der Waals surface area contributed by atoms with Gasteiger partial charge in [0.15, 0.2) is 0 Å². The first-order chi connectivity index (χ1) is 6.41. The smallest absolute Gasteiger partial charge is 0.410 e. The highest BCUT2D eigenvalue weighted by molar-refractivity contribution is 5.68. The number of amides is 1. The Morgan fingerprint density at radius 1 is 1.29 bits per heavy atom. The van der Waals surface area contributed by atoms with Gasteiger partial charge in [-0.15, -0.1) is 0 Å². The van der Waals surface area contributed by atoms with E-state index in [1.54, 1.807) is 11.9 Å². The molecule has 0 spiro atoms. The topological polar surface area (TPSA) is 29.5 Å². The first-order valence-electron chi connectivity index (χ1n) is 5.35. The van der Waals surface area contributed by atoms with E-state index in [4.69, 9.17) is 4.74 Å². The lowest BCUT2D eigenvalue weighted by molar-refractivity contribution is 0.0497. The zero-order valence-corrected chi connectivity index (χ0v) is 9.67. The van der Waals surface area contributed by atoms with Gasteiger partial charge in [-0.25, -0.2) is 4.79 Å². The third kappa shape index (κ3) is 2.89. The van der Waals surface area contributed by atoms with Gasteiger partial charge >= 0.3 is 6.09 Å². The minimum Gasteiger partial charge on any atom is -0.446 e. The van der Waals surface area contributed by atoms with Gasteiger partial charge in [0.25, 0.3) is 0 Å². The molecule has 1 aliphatic rings. The van der Waals surface area contributed by atoms with Crippen LogP contribution in [0.2, 0.25) is 0 Å². The number of carbonyl (C=O) groups excluding carboxylic acids is 1. The molecule has 3 heteroatoms. The van der Waals surface area contributed by atoms with E-state index in [9.17, 15) is 4.79 Å². The molecule has 0 aromatic rings. The van der Waals surface area contributed by atoms with E-state index < -0.39 is 0 Å². The molecule has 1 amide bonds. The van der Waals surface area contributed by atoms with Gasteiger partial charge in [0.1, 0.15) is 6.10 Å². The first-order valence-corrected chi connectivity index (χ1v) is 5.35. The van der Waals surface area contributed by atoms with E-state index in [1.807, 2.05) is 20.8 Å². The molecule has 82 valence electrons. The molecule has 0 bridgehead atoms. The van der Waals surface area contributed by atoms with Gasteiger partial charge in [-0.3, -0.25) is 0 Å². The highest BCUT2D eigenvalue weighted by Gasteiger charge is 2.27. The summed E-state index contributed by atoms with van der Waals surface area (Å²) in [5.74, 6) is 0. The van der Waals surface area contributed by atoms with E-state index in [-0.39, 0.29) is 17.7 Å². The Morgan fingerprint density at radius 3 is 2.21 bits per heavy atom. The largest absolute Gasteiger partial charge is 0.446 e. The van der Waals surface area contributed by atoms with Crippen LogP contribution >= 0.6 is 0 Å². The van der Waals surface area contributed by atoms with Crippen LogP contribution < -0.4 is 0 Å². The Balaban J connectivity index is 2.41. The highest BCUT2D eigenvalue weighted by Crippen LogP contribution is 2.22. The average Bonchev–Trinajstić information content (AvgIpc) is 2.53. The molecule has 0 aromatic heterocycles. The summed E-state index contributed by atoms with van der Waals surface area (Å²) in [5.41, 5.74) is -0.157. The van der Waals surface area contributed by atoms with Gasteiger partial charge in [-0.05, 0) is 46.5 Å². The third-order valence-corrected chi connectivity index (χ3v) is 2.85. The number of nitrogens with zero attached hydrogens (tertiary/aromatic N) is 1. The lowest BCUT2D eigenvalue weighted by Crippen LogP contribution is -2.43. The van der Waals surface area contributed by atoms with E-state index in [0.717, 1.165) is 12.8 Å². The summed E-state index contributed by atoms with van der Waals surface area (Å²) in [4.78, 5) is 13.3. The molecule has 0 radical (unpaired) electrons. The monoisotopic (exact) mass is 199 g/mol. The summed E-state index contributed by atoms with van der Waals surface area (Å²) in [6.45, 7) is 6.01. The lowest BCUT2D eigenvalue weighted by Gasteiger charge is -2.31. The fourth-order valence-electron chi connectivity index (χ4n) is 1.50. The summed E-state index contributed by atoms with van der Waals surface area (Å²) < 4.78 is 5.39. The molecule has 0 aromatic carbocycles. The molecule has 0 atom stereocenters. The molecule has 1 saturated carbocycles. The normalized spacial score (nSPS) is 18.3. The predicted molar refractivity (Wildman–Crippen MR) is 56.3 cm³/mol. The van der Waals surface area contributed by atoms with Crippen LogP contribution in [0.15, 0.2) is 0 Å². The van der Waals surface area contributed by atoms with Crippen molar-refractivity contribution >= 4 is 6.09 Å². The van der Waals surface area contributed by atoms with E-state index >= 15 is 0 Å². The number of ether oxygens (including phenoxy) is 1. The predicted octanol–water partition coefficient (Wildman–Crippen LogP) is 2.80. The van der Waals surface area contributed by atoms with Crippen LogP contribution in [-0.4, -0.2) is 29.7 Å². The van der Waals surface area contributed by atoms with E-state index in [2.05, 4.69) is 0 Å². The maximum Gasteiger partial charge on any atom is 0.410 e. The van der Waals surface area contributed by atoms with Crippen molar-refractivity contribution in [2.24, 2.45) is 0 Å².